The molecule has 5 heteroatoms. The minimum absolute atomic E-state index is 0.362. The molecule has 0 aromatic heterocycles. The maximum Gasteiger partial charge on any atom is 0.137 e. The number of nitrogens with zero attached hydrogens (tertiary/aromatic N) is 1. The molecule has 2 aromatic rings. The van der Waals surface area contributed by atoms with Crippen molar-refractivity contribution in [2.24, 2.45) is 0 Å². The molecule has 0 heterocycles. The molecule has 0 radical (unpaired) electrons. The van der Waals surface area contributed by atoms with E-state index in [0.29, 0.717) is 23.6 Å². The molecule has 0 saturated carbocycles. The van der Waals surface area contributed by atoms with Crippen molar-refractivity contribution >= 4 is 21.6 Å². The molecule has 0 atom stereocenters. The van der Waals surface area contributed by atoms with E-state index in [1.165, 1.54) is 0 Å². The molecule has 2 N–H and O–H groups in total. The van der Waals surface area contributed by atoms with Crippen LogP contribution in [-0.2, 0) is 6.61 Å². The third-order valence-electron chi connectivity index (χ3n) is 2.73. The maximum absolute atomic E-state index is 9.04. The summed E-state index contributed by atoms with van der Waals surface area (Å²) in [7, 11) is 1.61. The number of rotatable bonds is 4. The zero-order valence-electron chi connectivity index (χ0n) is 10.9. The molecular formula is C15H13BrN2O2. The highest BCUT2D eigenvalue weighted by Gasteiger charge is 2.06. The molecule has 0 fully saturated rings. The zero-order valence-corrected chi connectivity index (χ0v) is 12.5. The standard InChI is InChI=1S/C15H13BrN2O2/c1-19-15-4-2-10(6-13(15)16)9-20-14-5-3-12(18)7-11(14)8-17/h2-7H,9,18H2,1H3. The molecule has 0 aliphatic heterocycles. The molecule has 0 bridgehead atoms. The first-order valence-electron chi connectivity index (χ1n) is 5.89. The number of nitriles is 1. The average molecular weight is 333 g/mol. The average Bonchev–Trinajstić information content (AvgIpc) is 2.46. The quantitative estimate of drug-likeness (QED) is 0.870. The SMILES string of the molecule is COc1ccc(COc2ccc(N)cc2C#N)cc1Br. The minimum atomic E-state index is 0.362. The van der Waals surface area contributed by atoms with Gasteiger partial charge in [0.05, 0.1) is 17.1 Å². The molecular weight excluding hydrogens is 320 g/mol. The van der Waals surface area contributed by atoms with Gasteiger partial charge in [-0.05, 0) is 51.8 Å². The highest BCUT2D eigenvalue weighted by Crippen LogP contribution is 2.27. The molecule has 0 saturated heterocycles. The van der Waals surface area contributed by atoms with E-state index in [-0.39, 0.29) is 0 Å². The second kappa shape index (κ2) is 6.31. The van der Waals surface area contributed by atoms with E-state index in [9.17, 15) is 0 Å². The van der Waals surface area contributed by atoms with E-state index in [4.69, 9.17) is 20.5 Å². The van der Waals surface area contributed by atoms with E-state index >= 15 is 0 Å². The lowest BCUT2D eigenvalue weighted by Gasteiger charge is -2.10. The summed E-state index contributed by atoms with van der Waals surface area (Å²) in [5, 5.41) is 9.04. The molecule has 2 rings (SSSR count). The molecule has 102 valence electrons. The van der Waals surface area contributed by atoms with Gasteiger partial charge in [0, 0.05) is 5.69 Å². The second-order valence-corrected chi connectivity index (χ2v) is 4.98. The Balaban J connectivity index is 2.13. The van der Waals surface area contributed by atoms with Crippen molar-refractivity contribution in [2.75, 3.05) is 12.8 Å². The van der Waals surface area contributed by atoms with Crippen LogP contribution in [0.15, 0.2) is 40.9 Å². The number of hydrogen-bond acceptors (Lipinski definition) is 4. The van der Waals surface area contributed by atoms with Crippen molar-refractivity contribution in [1.29, 1.82) is 5.26 Å². The van der Waals surface area contributed by atoms with E-state index in [1.54, 1.807) is 25.3 Å². The van der Waals surface area contributed by atoms with E-state index in [1.807, 2.05) is 18.2 Å². The minimum Gasteiger partial charge on any atom is -0.496 e. The van der Waals surface area contributed by atoms with Crippen LogP contribution < -0.4 is 15.2 Å². The summed E-state index contributed by atoms with van der Waals surface area (Å²) in [6, 6.07) is 12.8. The fourth-order valence-electron chi connectivity index (χ4n) is 1.72. The summed E-state index contributed by atoms with van der Waals surface area (Å²) in [6.45, 7) is 0.362. The van der Waals surface area contributed by atoms with Crippen molar-refractivity contribution in [3.05, 3.63) is 52.0 Å². The maximum atomic E-state index is 9.04. The fourth-order valence-corrected chi connectivity index (χ4v) is 2.31. The van der Waals surface area contributed by atoms with Gasteiger partial charge in [-0.25, -0.2) is 0 Å². The molecule has 0 amide bonds. The smallest absolute Gasteiger partial charge is 0.137 e. The van der Waals surface area contributed by atoms with Gasteiger partial charge in [0.2, 0.25) is 0 Å². The molecule has 20 heavy (non-hydrogen) atoms. The lowest BCUT2D eigenvalue weighted by Crippen LogP contribution is -1.98. The van der Waals surface area contributed by atoms with Gasteiger partial charge in [0.15, 0.2) is 0 Å². The molecule has 2 aromatic carbocycles. The van der Waals surface area contributed by atoms with Gasteiger partial charge in [-0.3, -0.25) is 0 Å². The van der Waals surface area contributed by atoms with Crippen LogP contribution in [0.1, 0.15) is 11.1 Å². The summed E-state index contributed by atoms with van der Waals surface area (Å²) in [5.41, 5.74) is 7.58. The van der Waals surface area contributed by atoms with Crippen molar-refractivity contribution in [2.45, 2.75) is 6.61 Å². The van der Waals surface area contributed by atoms with E-state index in [0.717, 1.165) is 15.8 Å². The molecule has 0 aliphatic rings. The number of hydrogen-bond donors (Lipinski definition) is 1. The number of ether oxygens (including phenoxy) is 2. The van der Waals surface area contributed by atoms with Crippen molar-refractivity contribution in [1.82, 2.24) is 0 Å². The van der Waals surface area contributed by atoms with Crippen LogP contribution in [0.2, 0.25) is 0 Å². The van der Waals surface area contributed by atoms with Gasteiger partial charge < -0.3 is 15.2 Å². The number of anilines is 1. The molecule has 0 unspecified atom stereocenters. The molecule has 4 nitrogen and oxygen atoms in total. The third-order valence-corrected chi connectivity index (χ3v) is 3.35. The summed E-state index contributed by atoms with van der Waals surface area (Å²) in [5.74, 6) is 1.28. The Morgan fingerprint density at radius 1 is 1.20 bits per heavy atom. The van der Waals surface area contributed by atoms with Crippen molar-refractivity contribution in [3.8, 4) is 17.6 Å². The molecule has 0 aliphatic carbocycles. The van der Waals surface area contributed by atoms with Crippen LogP contribution in [0.5, 0.6) is 11.5 Å². The van der Waals surface area contributed by atoms with Gasteiger partial charge >= 0.3 is 0 Å². The lowest BCUT2D eigenvalue weighted by atomic mass is 10.2. The lowest BCUT2D eigenvalue weighted by molar-refractivity contribution is 0.305. The van der Waals surface area contributed by atoms with Gasteiger partial charge in [-0.15, -0.1) is 0 Å². The predicted molar refractivity (Wildman–Crippen MR) is 80.6 cm³/mol. The van der Waals surface area contributed by atoms with Gasteiger partial charge in [-0.2, -0.15) is 5.26 Å². The summed E-state index contributed by atoms with van der Waals surface area (Å²) < 4.78 is 11.7. The van der Waals surface area contributed by atoms with Crippen LogP contribution in [0.25, 0.3) is 0 Å². The van der Waals surface area contributed by atoms with Crippen molar-refractivity contribution in [3.63, 3.8) is 0 Å². The van der Waals surface area contributed by atoms with Gasteiger partial charge in [0.25, 0.3) is 0 Å². The number of nitrogens with two attached hydrogens (primary N) is 1. The topological polar surface area (TPSA) is 68.3 Å². The van der Waals surface area contributed by atoms with Gasteiger partial charge in [0.1, 0.15) is 24.2 Å². The first kappa shape index (κ1) is 14.2. The Morgan fingerprint density at radius 2 is 1.95 bits per heavy atom. The number of methoxy groups -OCH3 is 1. The Morgan fingerprint density at radius 3 is 2.60 bits per heavy atom. The summed E-state index contributed by atoms with van der Waals surface area (Å²) in [6.07, 6.45) is 0. The zero-order chi connectivity index (χ0) is 14.5. The fraction of sp³-hybridized carbons (Fsp3) is 0.133. The number of benzene rings is 2. The normalized spacial score (nSPS) is 9.85. The Labute approximate surface area is 125 Å². The second-order valence-electron chi connectivity index (χ2n) is 4.12. The predicted octanol–water partition coefficient (Wildman–Crippen LogP) is 3.49. The van der Waals surface area contributed by atoms with Crippen LogP contribution in [0, 0.1) is 11.3 Å². The Bertz CT molecular complexity index is 665. The summed E-state index contributed by atoms with van der Waals surface area (Å²) >= 11 is 3.42. The van der Waals surface area contributed by atoms with Crippen LogP contribution in [-0.4, -0.2) is 7.11 Å². The largest absolute Gasteiger partial charge is 0.496 e. The van der Waals surface area contributed by atoms with Crippen molar-refractivity contribution < 1.29 is 9.47 Å². The number of nitrogen functional groups attached to an aromatic ring is 1. The summed E-state index contributed by atoms with van der Waals surface area (Å²) in [4.78, 5) is 0. The van der Waals surface area contributed by atoms with Crippen LogP contribution >= 0.6 is 15.9 Å². The third kappa shape index (κ3) is 3.22. The highest BCUT2D eigenvalue weighted by atomic mass is 79.9. The molecule has 0 spiro atoms. The van der Waals surface area contributed by atoms with E-state index in [2.05, 4.69) is 22.0 Å². The first-order valence-corrected chi connectivity index (χ1v) is 6.68. The van der Waals surface area contributed by atoms with Gasteiger partial charge in [-0.1, -0.05) is 6.07 Å². The van der Waals surface area contributed by atoms with Crippen LogP contribution in [0.3, 0.4) is 0 Å². The number of halogens is 1. The van der Waals surface area contributed by atoms with Crippen LogP contribution in [0.4, 0.5) is 5.69 Å². The monoisotopic (exact) mass is 332 g/mol. The van der Waals surface area contributed by atoms with E-state index < -0.39 is 0 Å². The highest BCUT2D eigenvalue weighted by molar-refractivity contribution is 9.10. The Kier molecular flexibility index (Phi) is 4.49. The first-order chi connectivity index (χ1) is 9.63. The Hall–Kier alpha value is -2.19.